The molecule has 0 aliphatic carbocycles. The highest BCUT2D eigenvalue weighted by Crippen LogP contribution is 2.18. The van der Waals surface area contributed by atoms with Gasteiger partial charge < -0.3 is 5.32 Å². The third-order valence-corrected chi connectivity index (χ3v) is 3.44. The summed E-state index contributed by atoms with van der Waals surface area (Å²) in [5, 5.41) is 3.65. The number of nitrogens with zero attached hydrogens (tertiary/aromatic N) is 1. The van der Waals surface area contributed by atoms with Gasteiger partial charge in [-0.3, -0.25) is 14.6 Å². The van der Waals surface area contributed by atoms with Gasteiger partial charge in [0, 0.05) is 22.8 Å². The molecule has 0 atom stereocenters. The second kappa shape index (κ2) is 5.77. The molecule has 0 saturated heterocycles. The van der Waals surface area contributed by atoms with E-state index in [0.29, 0.717) is 16.8 Å². The normalized spacial score (nSPS) is 10.4. The molecule has 2 aromatic carbocycles. The molecule has 22 heavy (non-hydrogen) atoms. The number of pyridine rings is 1. The van der Waals surface area contributed by atoms with E-state index in [4.69, 9.17) is 0 Å². The van der Waals surface area contributed by atoms with Crippen LogP contribution in [-0.2, 0) is 0 Å². The Morgan fingerprint density at radius 1 is 0.955 bits per heavy atom. The number of aromatic nitrogens is 1. The van der Waals surface area contributed by atoms with Crippen molar-refractivity contribution in [3.63, 3.8) is 0 Å². The van der Waals surface area contributed by atoms with Gasteiger partial charge in [-0.25, -0.2) is 0 Å². The van der Waals surface area contributed by atoms with Gasteiger partial charge in [0.1, 0.15) is 0 Å². The van der Waals surface area contributed by atoms with Crippen molar-refractivity contribution in [2.45, 2.75) is 6.92 Å². The molecule has 1 aromatic heterocycles. The summed E-state index contributed by atoms with van der Waals surface area (Å²) in [6.45, 7) is 1.51. The highest BCUT2D eigenvalue weighted by Gasteiger charge is 2.10. The molecular weight excluding hydrogens is 276 g/mol. The number of ketones is 1. The number of hydrogen-bond acceptors (Lipinski definition) is 3. The number of Topliss-reactive ketones (excluding diaryl/α,β-unsaturated/α-hetero) is 1. The van der Waals surface area contributed by atoms with E-state index in [-0.39, 0.29) is 11.7 Å². The van der Waals surface area contributed by atoms with Crippen molar-refractivity contribution in [3.8, 4) is 0 Å². The minimum Gasteiger partial charge on any atom is -0.322 e. The summed E-state index contributed by atoms with van der Waals surface area (Å²) >= 11 is 0. The van der Waals surface area contributed by atoms with E-state index >= 15 is 0 Å². The minimum atomic E-state index is -0.200. The summed E-state index contributed by atoms with van der Waals surface area (Å²) in [5.41, 5.74) is 2.62. The number of carbonyl (C=O) groups is 2. The van der Waals surface area contributed by atoms with Crippen molar-refractivity contribution in [2.75, 3.05) is 5.32 Å². The van der Waals surface area contributed by atoms with Crippen molar-refractivity contribution in [1.29, 1.82) is 0 Å². The van der Waals surface area contributed by atoms with Gasteiger partial charge in [-0.15, -0.1) is 0 Å². The maximum Gasteiger partial charge on any atom is 0.256 e. The fourth-order valence-corrected chi connectivity index (χ4v) is 2.28. The van der Waals surface area contributed by atoms with E-state index in [9.17, 15) is 9.59 Å². The summed E-state index contributed by atoms with van der Waals surface area (Å²) in [4.78, 5) is 27.9. The van der Waals surface area contributed by atoms with E-state index in [1.54, 1.807) is 36.5 Å². The quantitative estimate of drug-likeness (QED) is 0.748. The lowest BCUT2D eigenvalue weighted by Gasteiger charge is -2.08. The van der Waals surface area contributed by atoms with Crippen LogP contribution in [0.15, 0.2) is 60.8 Å². The second-order valence-electron chi connectivity index (χ2n) is 4.96. The first kappa shape index (κ1) is 13.9. The van der Waals surface area contributed by atoms with Crippen molar-refractivity contribution in [2.24, 2.45) is 0 Å². The Bertz CT molecular complexity index is 849. The van der Waals surface area contributed by atoms with Gasteiger partial charge >= 0.3 is 0 Å². The number of nitrogens with one attached hydrogen (secondary N) is 1. The molecule has 0 saturated carbocycles. The molecule has 1 heterocycles. The average molecular weight is 290 g/mol. The van der Waals surface area contributed by atoms with Gasteiger partial charge in [0.05, 0.1) is 11.1 Å². The van der Waals surface area contributed by atoms with Crippen LogP contribution in [0.2, 0.25) is 0 Å². The predicted molar refractivity (Wildman–Crippen MR) is 86.1 cm³/mol. The first-order valence-electron chi connectivity index (χ1n) is 6.91. The molecule has 0 spiro atoms. The molecule has 3 rings (SSSR count). The molecular formula is C18H14N2O2. The topological polar surface area (TPSA) is 59.1 Å². The monoisotopic (exact) mass is 290 g/mol. The van der Waals surface area contributed by atoms with Crippen molar-refractivity contribution < 1.29 is 9.59 Å². The first-order chi connectivity index (χ1) is 10.6. The highest BCUT2D eigenvalue weighted by atomic mass is 16.1. The van der Waals surface area contributed by atoms with Crippen molar-refractivity contribution in [1.82, 2.24) is 4.98 Å². The highest BCUT2D eigenvalue weighted by molar-refractivity contribution is 6.12. The van der Waals surface area contributed by atoms with E-state index in [0.717, 1.165) is 10.9 Å². The summed E-state index contributed by atoms with van der Waals surface area (Å²) in [7, 11) is 0. The van der Waals surface area contributed by atoms with Gasteiger partial charge in [-0.2, -0.15) is 0 Å². The lowest BCUT2D eigenvalue weighted by Crippen LogP contribution is -2.12. The number of hydrogen-bond donors (Lipinski definition) is 1. The fourth-order valence-electron chi connectivity index (χ4n) is 2.28. The van der Waals surface area contributed by atoms with Crippen molar-refractivity contribution in [3.05, 3.63) is 71.9 Å². The molecule has 1 N–H and O–H groups in total. The summed E-state index contributed by atoms with van der Waals surface area (Å²) in [6.07, 6.45) is 1.62. The summed E-state index contributed by atoms with van der Waals surface area (Å²) < 4.78 is 0. The van der Waals surface area contributed by atoms with Crippen LogP contribution in [0, 0.1) is 0 Å². The number of fused-ring (bicyclic) bond motifs is 1. The van der Waals surface area contributed by atoms with E-state index in [1.807, 2.05) is 24.3 Å². The molecule has 0 unspecified atom stereocenters. The maximum absolute atomic E-state index is 12.4. The van der Waals surface area contributed by atoms with Gasteiger partial charge in [0.15, 0.2) is 5.78 Å². The van der Waals surface area contributed by atoms with E-state index in [1.165, 1.54) is 6.92 Å². The van der Waals surface area contributed by atoms with Gasteiger partial charge in [0.25, 0.3) is 5.91 Å². The van der Waals surface area contributed by atoms with Crippen LogP contribution in [0.5, 0.6) is 0 Å². The summed E-state index contributed by atoms with van der Waals surface area (Å²) in [6, 6.07) is 16.0. The van der Waals surface area contributed by atoms with E-state index < -0.39 is 0 Å². The standard InChI is InChI=1S/C18H14N2O2/c1-12(21)13-6-8-14(9-7-13)20-18(22)16-10-11-19-17-5-3-2-4-15(16)17/h2-11H,1H3,(H,20,22). The maximum atomic E-state index is 12.4. The lowest BCUT2D eigenvalue weighted by atomic mass is 10.1. The zero-order valence-corrected chi connectivity index (χ0v) is 12.0. The SMILES string of the molecule is CC(=O)c1ccc(NC(=O)c2ccnc3ccccc23)cc1. The average Bonchev–Trinajstić information content (AvgIpc) is 2.54. The minimum absolute atomic E-state index is 0.00185. The third kappa shape index (κ3) is 2.72. The number of anilines is 1. The number of benzene rings is 2. The van der Waals surface area contributed by atoms with E-state index in [2.05, 4.69) is 10.3 Å². The molecule has 108 valence electrons. The number of amides is 1. The Morgan fingerprint density at radius 2 is 1.68 bits per heavy atom. The number of carbonyl (C=O) groups excluding carboxylic acids is 2. The molecule has 1 amide bonds. The third-order valence-electron chi connectivity index (χ3n) is 3.44. The van der Waals surface area contributed by atoms with Crippen LogP contribution in [0.1, 0.15) is 27.6 Å². The predicted octanol–water partition coefficient (Wildman–Crippen LogP) is 3.69. The molecule has 4 heteroatoms. The number of para-hydroxylation sites is 1. The molecule has 0 bridgehead atoms. The van der Waals surface area contributed by atoms with Crippen LogP contribution < -0.4 is 5.32 Å². The Morgan fingerprint density at radius 3 is 2.41 bits per heavy atom. The molecule has 0 aliphatic rings. The smallest absolute Gasteiger partial charge is 0.256 e. The van der Waals surface area contributed by atoms with Gasteiger partial charge in [-0.05, 0) is 43.3 Å². The van der Waals surface area contributed by atoms with Crippen LogP contribution in [0.3, 0.4) is 0 Å². The zero-order chi connectivity index (χ0) is 15.5. The molecule has 3 aromatic rings. The number of rotatable bonds is 3. The molecule has 0 radical (unpaired) electrons. The van der Waals surface area contributed by atoms with Crippen LogP contribution in [-0.4, -0.2) is 16.7 Å². The Kier molecular flexibility index (Phi) is 3.66. The van der Waals surface area contributed by atoms with Gasteiger partial charge in [-0.1, -0.05) is 18.2 Å². The Balaban J connectivity index is 1.89. The molecule has 0 fully saturated rings. The van der Waals surface area contributed by atoms with Crippen LogP contribution >= 0.6 is 0 Å². The first-order valence-corrected chi connectivity index (χ1v) is 6.91. The Labute approximate surface area is 127 Å². The Hall–Kier alpha value is -3.01. The zero-order valence-electron chi connectivity index (χ0n) is 12.0. The van der Waals surface area contributed by atoms with Crippen LogP contribution in [0.4, 0.5) is 5.69 Å². The fraction of sp³-hybridized carbons (Fsp3) is 0.0556. The largest absolute Gasteiger partial charge is 0.322 e. The van der Waals surface area contributed by atoms with Gasteiger partial charge in [0.2, 0.25) is 0 Å². The lowest BCUT2D eigenvalue weighted by molar-refractivity contribution is 0.101. The van der Waals surface area contributed by atoms with Crippen molar-refractivity contribution >= 4 is 28.3 Å². The second-order valence-corrected chi connectivity index (χ2v) is 4.96. The van der Waals surface area contributed by atoms with Crippen LogP contribution in [0.25, 0.3) is 10.9 Å². The summed E-state index contributed by atoms with van der Waals surface area (Å²) in [5.74, 6) is -0.202. The molecule has 4 nitrogen and oxygen atoms in total. The molecule has 0 aliphatic heterocycles.